The highest BCUT2D eigenvalue weighted by atomic mass is 35.5. The summed E-state index contributed by atoms with van der Waals surface area (Å²) in [7, 11) is 0. The molecule has 0 aliphatic carbocycles. The fourth-order valence-electron chi connectivity index (χ4n) is 2.74. The summed E-state index contributed by atoms with van der Waals surface area (Å²) in [5.41, 5.74) is -0.838. The molecule has 1 unspecified atom stereocenters. The van der Waals surface area contributed by atoms with Crippen LogP contribution in [0.4, 0.5) is 18.9 Å². The molecule has 0 radical (unpaired) electrons. The van der Waals surface area contributed by atoms with Crippen LogP contribution >= 0.6 is 11.6 Å². The zero-order valence-electron chi connectivity index (χ0n) is 13.1. The molecule has 0 saturated carbocycles. The molecule has 3 rings (SSSR count). The summed E-state index contributed by atoms with van der Waals surface area (Å²) in [5.74, 6) is -0.571. The van der Waals surface area contributed by atoms with Gasteiger partial charge in [0.25, 0.3) is 5.91 Å². The number of carbonyl (C=O) groups is 1. The van der Waals surface area contributed by atoms with Gasteiger partial charge in [-0.3, -0.25) is 9.48 Å². The summed E-state index contributed by atoms with van der Waals surface area (Å²) in [6.45, 7) is 1.73. The minimum atomic E-state index is -4.59. The van der Waals surface area contributed by atoms with E-state index < -0.39 is 22.7 Å². The van der Waals surface area contributed by atoms with Crippen LogP contribution in [-0.4, -0.2) is 28.8 Å². The first-order valence-electron chi connectivity index (χ1n) is 7.78. The van der Waals surface area contributed by atoms with E-state index in [2.05, 4.69) is 15.7 Å². The second kappa shape index (κ2) is 7.05. The number of nitrogens with one attached hydrogen (secondary N) is 2. The smallest absolute Gasteiger partial charge is 0.321 e. The average molecular weight is 373 g/mol. The number of benzene rings is 1. The van der Waals surface area contributed by atoms with Gasteiger partial charge in [-0.2, -0.15) is 18.3 Å². The predicted molar refractivity (Wildman–Crippen MR) is 87.8 cm³/mol. The molecule has 9 heteroatoms. The molecule has 134 valence electrons. The Labute approximate surface area is 147 Å². The van der Waals surface area contributed by atoms with Gasteiger partial charge in [-0.05, 0) is 43.7 Å². The van der Waals surface area contributed by atoms with Crippen LogP contribution in [0.2, 0.25) is 5.02 Å². The Morgan fingerprint density at radius 3 is 2.84 bits per heavy atom. The standard InChI is InChI=1S/C16H16ClF3N4O/c17-13-4-3-10(8-12(13)16(18,19)20)22-15(25)14-5-7-24(23-14)11-2-1-6-21-9-11/h3-5,7-8,11,21H,1-2,6,9H2,(H,22,25). The van der Waals surface area contributed by atoms with Crippen molar-refractivity contribution in [2.24, 2.45) is 0 Å². The number of alkyl halides is 3. The molecule has 2 N–H and O–H groups in total. The summed E-state index contributed by atoms with van der Waals surface area (Å²) < 4.78 is 40.4. The van der Waals surface area contributed by atoms with E-state index in [1.807, 2.05) is 0 Å². The van der Waals surface area contributed by atoms with Crippen LogP contribution in [-0.2, 0) is 6.18 Å². The lowest BCUT2D eigenvalue weighted by molar-refractivity contribution is -0.137. The highest BCUT2D eigenvalue weighted by Gasteiger charge is 2.33. The van der Waals surface area contributed by atoms with Crippen LogP contribution in [0, 0.1) is 0 Å². The van der Waals surface area contributed by atoms with Gasteiger partial charge in [0.15, 0.2) is 5.69 Å². The summed E-state index contributed by atoms with van der Waals surface area (Å²) in [6.07, 6.45) is -0.901. The number of rotatable bonds is 3. The van der Waals surface area contributed by atoms with Crippen molar-refractivity contribution in [2.75, 3.05) is 18.4 Å². The van der Waals surface area contributed by atoms with E-state index in [1.54, 1.807) is 16.9 Å². The van der Waals surface area contributed by atoms with Crippen LogP contribution in [0.5, 0.6) is 0 Å². The normalized spacial score (nSPS) is 18.2. The lowest BCUT2D eigenvalue weighted by atomic mass is 10.1. The van der Waals surface area contributed by atoms with Crippen molar-refractivity contribution in [2.45, 2.75) is 25.1 Å². The fourth-order valence-corrected chi connectivity index (χ4v) is 2.96. The number of hydrogen-bond acceptors (Lipinski definition) is 3. The van der Waals surface area contributed by atoms with Gasteiger partial charge in [0.1, 0.15) is 0 Å². The number of piperidine rings is 1. The molecule has 2 heterocycles. The van der Waals surface area contributed by atoms with Crippen LogP contribution in [0.3, 0.4) is 0 Å². The lowest BCUT2D eigenvalue weighted by Crippen LogP contribution is -2.32. The van der Waals surface area contributed by atoms with Crippen molar-refractivity contribution in [3.05, 3.63) is 46.7 Å². The number of amides is 1. The van der Waals surface area contributed by atoms with Gasteiger partial charge in [-0.25, -0.2) is 0 Å². The summed E-state index contributed by atoms with van der Waals surface area (Å²) in [4.78, 5) is 12.2. The van der Waals surface area contributed by atoms with Gasteiger partial charge in [0.05, 0.1) is 16.6 Å². The molecule has 25 heavy (non-hydrogen) atoms. The third kappa shape index (κ3) is 4.13. The van der Waals surface area contributed by atoms with Crippen LogP contribution in [0.1, 0.15) is 34.9 Å². The first kappa shape index (κ1) is 17.8. The Hall–Kier alpha value is -2.06. The Morgan fingerprint density at radius 1 is 1.36 bits per heavy atom. The second-order valence-corrected chi connectivity index (χ2v) is 6.23. The number of anilines is 1. The minimum absolute atomic E-state index is 0.00982. The lowest BCUT2D eigenvalue weighted by Gasteiger charge is -2.22. The SMILES string of the molecule is O=C(Nc1ccc(Cl)c(C(F)(F)F)c1)c1ccn(C2CCCNC2)n1. The maximum absolute atomic E-state index is 12.9. The molecule has 1 atom stereocenters. The average Bonchev–Trinajstić information content (AvgIpc) is 3.06. The molecule has 1 saturated heterocycles. The molecular formula is C16H16ClF3N4O. The van der Waals surface area contributed by atoms with E-state index >= 15 is 0 Å². The maximum Gasteiger partial charge on any atom is 0.417 e. The molecule has 1 amide bonds. The topological polar surface area (TPSA) is 59.0 Å². The van der Waals surface area contributed by atoms with E-state index in [0.717, 1.165) is 38.1 Å². The molecule has 5 nitrogen and oxygen atoms in total. The van der Waals surface area contributed by atoms with Crippen LogP contribution in [0.15, 0.2) is 30.5 Å². The van der Waals surface area contributed by atoms with Crippen molar-refractivity contribution < 1.29 is 18.0 Å². The van der Waals surface area contributed by atoms with Gasteiger partial charge in [0, 0.05) is 18.4 Å². The van der Waals surface area contributed by atoms with Gasteiger partial charge in [-0.15, -0.1) is 0 Å². The molecular weight excluding hydrogens is 357 g/mol. The van der Waals surface area contributed by atoms with Crippen molar-refractivity contribution >= 4 is 23.2 Å². The summed E-state index contributed by atoms with van der Waals surface area (Å²) in [5, 5.41) is 9.50. The number of halogens is 4. The van der Waals surface area contributed by atoms with E-state index in [4.69, 9.17) is 11.6 Å². The van der Waals surface area contributed by atoms with Gasteiger partial charge >= 0.3 is 6.18 Å². The van der Waals surface area contributed by atoms with E-state index in [-0.39, 0.29) is 17.4 Å². The van der Waals surface area contributed by atoms with E-state index in [9.17, 15) is 18.0 Å². The zero-order valence-corrected chi connectivity index (χ0v) is 13.9. The van der Waals surface area contributed by atoms with Crippen LogP contribution < -0.4 is 10.6 Å². The minimum Gasteiger partial charge on any atom is -0.321 e. The fraction of sp³-hybridized carbons (Fsp3) is 0.375. The molecule has 0 bridgehead atoms. The highest BCUT2D eigenvalue weighted by Crippen LogP contribution is 2.36. The van der Waals surface area contributed by atoms with Crippen LogP contribution in [0.25, 0.3) is 0 Å². The molecule has 0 spiro atoms. The quantitative estimate of drug-likeness (QED) is 0.863. The molecule has 1 fully saturated rings. The van der Waals surface area contributed by atoms with Crippen molar-refractivity contribution in [1.29, 1.82) is 0 Å². The molecule has 1 aromatic heterocycles. The number of nitrogens with zero attached hydrogens (tertiary/aromatic N) is 2. The van der Waals surface area contributed by atoms with Crippen molar-refractivity contribution in [1.82, 2.24) is 15.1 Å². The van der Waals surface area contributed by atoms with Gasteiger partial charge < -0.3 is 10.6 Å². The monoisotopic (exact) mass is 372 g/mol. The summed E-state index contributed by atoms with van der Waals surface area (Å²) >= 11 is 5.57. The first-order chi connectivity index (χ1) is 11.8. The number of carbonyl (C=O) groups excluding carboxylic acids is 1. The van der Waals surface area contributed by atoms with E-state index in [0.29, 0.717) is 0 Å². The van der Waals surface area contributed by atoms with Gasteiger partial charge in [0.2, 0.25) is 0 Å². The summed E-state index contributed by atoms with van der Waals surface area (Å²) in [6, 6.07) is 4.94. The Morgan fingerprint density at radius 2 is 2.16 bits per heavy atom. The largest absolute Gasteiger partial charge is 0.417 e. The molecule has 1 aromatic carbocycles. The van der Waals surface area contributed by atoms with E-state index in [1.165, 1.54) is 6.07 Å². The maximum atomic E-state index is 12.9. The molecule has 1 aliphatic rings. The Kier molecular flexibility index (Phi) is 5.01. The second-order valence-electron chi connectivity index (χ2n) is 5.83. The Balaban J connectivity index is 1.73. The van der Waals surface area contributed by atoms with Crippen molar-refractivity contribution in [3.63, 3.8) is 0 Å². The predicted octanol–water partition coefficient (Wildman–Crippen LogP) is 3.73. The number of hydrogen-bond donors (Lipinski definition) is 2. The Bertz CT molecular complexity index is 769. The third-order valence-corrected chi connectivity index (χ3v) is 4.35. The van der Waals surface area contributed by atoms with Crippen molar-refractivity contribution in [3.8, 4) is 0 Å². The number of aromatic nitrogens is 2. The highest BCUT2D eigenvalue weighted by molar-refractivity contribution is 6.31. The zero-order chi connectivity index (χ0) is 18.0. The molecule has 1 aliphatic heterocycles. The third-order valence-electron chi connectivity index (χ3n) is 4.02. The molecule has 2 aromatic rings. The van der Waals surface area contributed by atoms with Gasteiger partial charge in [-0.1, -0.05) is 11.6 Å². The first-order valence-corrected chi connectivity index (χ1v) is 8.16.